The molecule has 0 unspecified atom stereocenters. The van der Waals surface area contributed by atoms with Crippen LogP contribution in [0.1, 0.15) is 0 Å². The highest BCUT2D eigenvalue weighted by molar-refractivity contribution is 6.36. The summed E-state index contributed by atoms with van der Waals surface area (Å²) >= 11 is 12.3. The summed E-state index contributed by atoms with van der Waals surface area (Å²) in [6.07, 6.45) is 1.13. The number of fused-ring (bicyclic) bond motifs is 1. The van der Waals surface area contributed by atoms with E-state index >= 15 is 0 Å². The number of amides is 1. The van der Waals surface area contributed by atoms with Crippen molar-refractivity contribution in [3.8, 4) is 11.4 Å². The minimum absolute atomic E-state index is 0.204. The summed E-state index contributed by atoms with van der Waals surface area (Å²) in [7, 11) is 0. The first-order valence-corrected chi connectivity index (χ1v) is 9.16. The van der Waals surface area contributed by atoms with Gasteiger partial charge in [-0.2, -0.15) is 0 Å². The second kappa shape index (κ2) is 8.77. The van der Waals surface area contributed by atoms with Crippen LogP contribution in [0.2, 0.25) is 10.0 Å². The van der Waals surface area contributed by atoms with E-state index in [1.54, 1.807) is 18.2 Å². The molecule has 0 aliphatic heterocycles. The maximum atomic E-state index is 10.8. The van der Waals surface area contributed by atoms with Crippen LogP contribution < -0.4 is 22.1 Å². The molecule has 0 fully saturated rings. The summed E-state index contributed by atoms with van der Waals surface area (Å²) in [5.41, 5.74) is 12.2. The predicted octanol–water partition coefficient (Wildman–Crippen LogP) is 2.89. The van der Waals surface area contributed by atoms with Crippen LogP contribution in [-0.2, 0) is 4.79 Å². The van der Waals surface area contributed by atoms with Crippen LogP contribution in [0.5, 0.6) is 0 Å². The van der Waals surface area contributed by atoms with Gasteiger partial charge in [0.2, 0.25) is 5.91 Å². The summed E-state index contributed by atoms with van der Waals surface area (Å²) in [5, 5.41) is 8.03. The fourth-order valence-electron chi connectivity index (χ4n) is 2.59. The van der Waals surface area contributed by atoms with E-state index in [2.05, 4.69) is 20.6 Å². The number of benzene rings is 2. The normalized spacial score (nSPS) is 11.4. The van der Waals surface area contributed by atoms with Gasteiger partial charge in [-0.15, -0.1) is 0 Å². The lowest BCUT2D eigenvalue weighted by atomic mass is 10.2. The molecule has 0 saturated heterocycles. The van der Waals surface area contributed by atoms with E-state index in [9.17, 15) is 4.79 Å². The number of rotatable bonds is 7. The lowest BCUT2D eigenvalue weighted by Gasteiger charge is -2.12. The van der Waals surface area contributed by atoms with Crippen molar-refractivity contribution in [1.82, 2.24) is 15.3 Å². The van der Waals surface area contributed by atoms with Crippen molar-refractivity contribution in [1.29, 1.82) is 0 Å². The molecule has 1 amide bonds. The van der Waals surface area contributed by atoms with Crippen molar-refractivity contribution in [2.24, 2.45) is 11.5 Å². The van der Waals surface area contributed by atoms with Crippen LogP contribution >= 0.6 is 23.2 Å². The van der Waals surface area contributed by atoms with Crippen LogP contribution in [0.3, 0.4) is 0 Å². The first kappa shape index (κ1) is 19.7. The zero-order chi connectivity index (χ0) is 20.1. The third-order valence-corrected chi connectivity index (χ3v) is 4.37. The Bertz CT molecular complexity index is 1050. The van der Waals surface area contributed by atoms with E-state index in [4.69, 9.17) is 34.7 Å². The molecule has 0 aliphatic rings. The lowest BCUT2D eigenvalue weighted by Crippen LogP contribution is -2.27. The molecule has 3 aromatic rings. The van der Waals surface area contributed by atoms with Gasteiger partial charge in [0.1, 0.15) is 11.6 Å². The second-order valence-electron chi connectivity index (χ2n) is 5.89. The number of nitrogens with one attached hydrogen (secondary N) is 2. The number of primary amides is 1. The molecular weight excluding hydrogens is 399 g/mol. The van der Waals surface area contributed by atoms with Gasteiger partial charge in [0.25, 0.3) is 0 Å². The monoisotopic (exact) mass is 416 g/mol. The van der Waals surface area contributed by atoms with Gasteiger partial charge < -0.3 is 22.1 Å². The number of aromatic nitrogens is 2. The Morgan fingerprint density at radius 3 is 2.61 bits per heavy atom. The quantitative estimate of drug-likeness (QED) is 0.347. The van der Waals surface area contributed by atoms with Gasteiger partial charge in [-0.25, -0.2) is 9.97 Å². The van der Waals surface area contributed by atoms with E-state index in [-0.39, 0.29) is 5.82 Å². The molecule has 0 atom stereocenters. The van der Waals surface area contributed by atoms with E-state index < -0.39 is 5.91 Å². The number of carbonyl (C=O) groups excluding carboxylic acids is 1. The Labute approximate surface area is 171 Å². The highest BCUT2D eigenvalue weighted by Gasteiger charge is 2.12. The molecule has 0 bridgehead atoms. The molecular formula is C19H18Cl2N6O. The van der Waals surface area contributed by atoms with Crippen molar-refractivity contribution in [2.45, 2.75) is 0 Å². The Balaban J connectivity index is 1.86. The van der Waals surface area contributed by atoms with Crippen molar-refractivity contribution >= 4 is 45.8 Å². The van der Waals surface area contributed by atoms with Crippen LogP contribution in [-0.4, -0.2) is 29.0 Å². The molecule has 28 heavy (non-hydrogen) atoms. The predicted molar refractivity (Wildman–Crippen MR) is 113 cm³/mol. The molecule has 1 heterocycles. The van der Waals surface area contributed by atoms with Gasteiger partial charge in [-0.1, -0.05) is 35.3 Å². The first-order valence-electron chi connectivity index (χ1n) is 8.40. The second-order valence-corrected chi connectivity index (χ2v) is 6.74. The summed E-state index contributed by atoms with van der Waals surface area (Å²) < 4.78 is 0. The number of carbonyl (C=O) groups is 1. The van der Waals surface area contributed by atoms with Gasteiger partial charge in [0.15, 0.2) is 5.82 Å². The molecule has 0 radical (unpaired) electrons. The van der Waals surface area contributed by atoms with Crippen molar-refractivity contribution in [3.05, 3.63) is 64.4 Å². The van der Waals surface area contributed by atoms with Crippen molar-refractivity contribution in [2.75, 3.05) is 18.4 Å². The third-order valence-electron chi connectivity index (χ3n) is 3.82. The molecule has 6 N–H and O–H groups in total. The number of anilines is 1. The summed E-state index contributed by atoms with van der Waals surface area (Å²) in [6, 6.07) is 12.8. The summed E-state index contributed by atoms with van der Waals surface area (Å²) in [6.45, 7) is 0.965. The molecule has 2 aromatic carbocycles. The van der Waals surface area contributed by atoms with Crippen LogP contribution in [0.4, 0.5) is 5.82 Å². The summed E-state index contributed by atoms with van der Waals surface area (Å²) in [5.74, 6) is 0.745. The average molecular weight is 417 g/mol. The number of nitrogens with zero attached hydrogens (tertiary/aromatic N) is 2. The first-order chi connectivity index (χ1) is 13.4. The van der Waals surface area contributed by atoms with E-state index in [0.717, 1.165) is 17.0 Å². The molecule has 0 saturated carbocycles. The molecule has 1 aromatic heterocycles. The van der Waals surface area contributed by atoms with Gasteiger partial charge in [-0.05, 0) is 30.3 Å². The standard InChI is InChI=1S/C19H18Cl2N6O/c20-11-5-6-12(14(21)9-11)19-26-15-4-2-1-3-13(15)18(27-19)25-8-7-24-16(22)10-17(23)28/h1-6,9-10,24H,7-8,22H2,(H2,23,28)(H,25,26,27). The number of para-hydroxylation sites is 1. The fourth-order valence-corrected chi connectivity index (χ4v) is 3.09. The topological polar surface area (TPSA) is 119 Å². The van der Waals surface area contributed by atoms with Crippen molar-refractivity contribution < 1.29 is 4.79 Å². The smallest absolute Gasteiger partial charge is 0.245 e. The number of nitrogens with two attached hydrogens (primary N) is 2. The Kier molecular flexibility index (Phi) is 6.18. The highest BCUT2D eigenvalue weighted by atomic mass is 35.5. The minimum atomic E-state index is -0.607. The Morgan fingerprint density at radius 1 is 1.07 bits per heavy atom. The molecule has 7 nitrogen and oxygen atoms in total. The number of hydrogen-bond acceptors (Lipinski definition) is 6. The van der Waals surface area contributed by atoms with Gasteiger partial charge in [-0.3, -0.25) is 4.79 Å². The molecule has 9 heteroatoms. The zero-order valence-corrected chi connectivity index (χ0v) is 16.3. The van der Waals surface area contributed by atoms with Crippen molar-refractivity contribution in [3.63, 3.8) is 0 Å². The van der Waals surface area contributed by atoms with Crippen LogP contribution in [0.25, 0.3) is 22.3 Å². The van der Waals surface area contributed by atoms with Crippen LogP contribution in [0.15, 0.2) is 54.4 Å². The third kappa shape index (κ3) is 4.82. The SMILES string of the molecule is NC(=O)C=C(N)NCCNc1nc(-c2ccc(Cl)cc2Cl)nc2ccccc12. The zero-order valence-electron chi connectivity index (χ0n) is 14.7. The van der Waals surface area contributed by atoms with Gasteiger partial charge >= 0.3 is 0 Å². The number of halogens is 2. The average Bonchev–Trinajstić information content (AvgIpc) is 2.64. The fraction of sp³-hybridized carbons (Fsp3) is 0.105. The number of hydrogen-bond donors (Lipinski definition) is 4. The minimum Gasteiger partial charge on any atom is -0.385 e. The molecule has 0 aliphatic carbocycles. The van der Waals surface area contributed by atoms with Gasteiger partial charge in [0.05, 0.1) is 10.5 Å². The summed E-state index contributed by atoms with van der Waals surface area (Å²) in [4.78, 5) is 20.0. The van der Waals surface area contributed by atoms with Crippen LogP contribution in [0, 0.1) is 0 Å². The van der Waals surface area contributed by atoms with E-state index in [1.165, 1.54) is 0 Å². The Hall–Kier alpha value is -3.03. The largest absolute Gasteiger partial charge is 0.385 e. The van der Waals surface area contributed by atoms with E-state index in [1.807, 2.05) is 24.3 Å². The maximum Gasteiger partial charge on any atom is 0.245 e. The lowest BCUT2D eigenvalue weighted by molar-refractivity contribution is -0.113. The van der Waals surface area contributed by atoms with E-state index in [0.29, 0.717) is 40.3 Å². The highest BCUT2D eigenvalue weighted by Crippen LogP contribution is 2.31. The molecule has 3 rings (SSSR count). The maximum absolute atomic E-state index is 10.8. The molecule has 144 valence electrons. The molecule has 0 spiro atoms. The Morgan fingerprint density at radius 2 is 1.86 bits per heavy atom. The van der Waals surface area contributed by atoms with Gasteiger partial charge in [0, 0.05) is 35.1 Å².